The number of nitrogens with one attached hydrogen (secondary N) is 1. The van der Waals surface area contributed by atoms with Gasteiger partial charge in [0.15, 0.2) is 5.79 Å². The molecule has 8 nitrogen and oxygen atoms in total. The van der Waals surface area contributed by atoms with Crippen LogP contribution in [0.4, 0.5) is 4.39 Å². The molecule has 9 heteroatoms. The highest BCUT2D eigenvalue weighted by Gasteiger charge is 2.37. The van der Waals surface area contributed by atoms with Crippen LogP contribution in [0.25, 0.3) is 28.3 Å². The van der Waals surface area contributed by atoms with Gasteiger partial charge in [-0.3, -0.25) is 14.6 Å². The lowest BCUT2D eigenvalue weighted by Gasteiger charge is -2.39. The van der Waals surface area contributed by atoms with Gasteiger partial charge in [-0.05, 0) is 95.9 Å². The van der Waals surface area contributed by atoms with Crippen molar-refractivity contribution < 1.29 is 28.2 Å². The third-order valence-corrected chi connectivity index (χ3v) is 8.26. The van der Waals surface area contributed by atoms with Gasteiger partial charge in [0, 0.05) is 48.2 Å². The average Bonchev–Trinajstić information content (AvgIpc) is 3.39. The molecule has 1 N–H and O–H groups in total. The van der Waals surface area contributed by atoms with Gasteiger partial charge in [-0.2, -0.15) is 0 Å². The molecular formula is C41H48FN3O5. The highest BCUT2D eigenvalue weighted by molar-refractivity contribution is 6.06. The van der Waals surface area contributed by atoms with E-state index in [-0.39, 0.29) is 30.2 Å². The molecule has 1 fully saturated rings. The highest BCUT2D eigenvalue weighted by Crippen LogP contribution is 2.43. The molecule has 1 saturated heterocycles. The third kappa shape index (κ3) is 9.34. The quantitative estimate of drug-likeness (QED) is 0.160. The van der Waals surface area contributed by atoms with E-state index in [1.165, 1.54) is 12.1 Å². The minimum Gasteiger partial charge on any atom is -0.460 e. The first-order chi connectivity index (χ1) is 23.7. The van der Waals surface area contributed by atoms with E-state index >= 15 is 0 Å². The van der Waals surface area contributed by atoms with Crippen LogP contribution in [0.5, 0.6) is 0 Å². The summed E-state index contributed by atoms with van der Waals surface area (Å²) in [4.78, 5) is 31.3. The lowest BCUT2D eigenvalue weighted by molar-refractivity contribution is -0.290. The van der Waals surface area contributed by atoms with Crippen LogP contribution in [0.3, 0.4) is 0 Å². The van der Waals surface area contributed by atoms with Crippen LogP contribution >= 0.6 is 0 Å². The number of ether oxygens (including phenoxy) is 3. The summed E-state index contributed by atoms with van der Waals surface area (Å²) in [5.41, 5.74) is 4.89. The summed E-state index contributed by atoms with van der Waals surface area (Å²) < 4.78 is 34.4. The molecule has 50 heavy (non-hydrogen) atoms. The lowest BCUT2D eigenvalue weighted by atomic mass is 9.94. The maximum absolute atomic E-state index is 14.3. The number of amides is 1. The molecule has 5 rings (SSSR count). The largest absolute Gasteiger partial charge is 0.460 e. The van der Waals surface area contributed by atoms with E-state index < -0.39 is 23.6 Å². The third-order valence-electron chi connectivity index (χ3n) is 8.26. The number of rotatable bonds is 11. The fraction of sp³-hybridized carbons (Fsp3) is 0.390. The molecule has 1 aliphatic rings. The molecule has 2 aromatic carbocycles. The maximum atomic E-state index is 14.3. The van der Waals surface area contributed by atoms with Crippen LogP contribution in [0.1, 0.15) is 89.1 Å². The van der Waals surface area contributed by atoms with Crippen molar-refractivity contribution in [3.63, 3.8) is 0 Å². The fourth-order valence-electron chi connectivity index (χ4n) is 6.43. The first-order valence-electron chi connectivity index (χ1n) is 17.2. The standard InChI is InChI=1S/C41H48FN3O5/c1-27(2)45-34(20-19-32-24-33(49-41(6,7)48-32)25-35(46)50-40(3,4)5)36(30-15-17-31(42)18-16-30)37(29-13-9-8-10-14-29)38(45)39(47)44-23-21-28-12-11-22-43-26-28/h8-20,22,26-27,32-33H,21,23-25H2,1-7H3,(H,44,47)/t32-,33-/m1/s1. The number of halogens is 1. The molecule has 264 valence electrons. The van der Waals surface area contributed by atoms with Crippen LogP contribution < -0.4 is 5.32 Å². The SMILES string of the molecule is CC(C)n1c(C=C[C@@H]2C[C@H](CC(=O)OC(C)(C)C)OC(C)(C)O2)c(-c2ccc(F)cc2)c(-c2ccccc2)c1C(=O)NCCc1cccnc1. The molecule has 2 atom stereocenters. The van der Waals surface area contributed by atoms with Gasteiger partial charge in [0.2, 0.25) is 0 Å². The predicted molar refractivity (Wildman–Crippen MR) is 194 cm³/mol. The smallest absolute Gasteiger partial charge is 0.308 e. The Balaban J connectivity index is 1.60. The number of carbonyl (C=O) groups is 2. The van der Waals surface area contributed by atoms with Crippen molar-refractivity contribution in [1.82, 2.24) is 14.9 Å². The normalized spacial score (nSPS) is 17.6. The Hall–Kier alpha value is -4.60. The summed E-state index contributed by atoms with van der Waals surface area (Å²) >= 11 is 0. The minimum atomic E-state index is -0.950. The number of carbonyl (C=O) groups excluding carboxylic acids is 2. The molecule has 1 amide bonds. The van der Waals surface area contributed by atoms with E-state index in [1.807, 2.05) is 108 Å². The summed E-state index contributed by atoms with van der Waals surface area (Å²) in [6.07, 6.45) is 7.80. The van der Waals surface area contributed by atoms with Crippen molar-refractivity contribution in [2.24, 2.45) is 0 Å². The zero-order valence-electron chi connectivity index (χ0n) is 30.0. The van der Waals surface area contributed by atoms with E-state index in [4.69, 9.17) is 14.2 Å². The van der Waals surface area contributed by atoms with Crippen LogP contribution in [0.15, 0.2) is 85.2 Å². The Morgan fingerprint density at radius 3 is 2.36 bits per heavy atom. The van der Waals surface area contributed by atoms with Gasteiger partial charge in [-0.15, -0.1) is 0 Å². The van der Waals surface area contributed by atoms with E-state index in [9.17, 15) is 14.0 Å². The zero-order valence-corrected chi connectivity index (χ0v) is 30.0. The number of nitrogens with zero attached hydrogens (tertiary/aromatic N) is 2. The number of hydrogen-bond acceptors (Lipinski definition) is 6. The second-order valence-electron chi connectivity index (χ2n) is 14.4. The number of benzene rings is 2. The van der Waals surface area contributed by atoms with E-state index in [0.29, 0.717) is 25.1 Å². The van der Waals surface area contributed by atoms with Crippen LogP contribution in [-0.2, 0) is 25.4 Å². The average molecular weight is 682 g/mol. The van der Waals surface area contributed by atoms with Gasteiger partial charge in [0.1, 0.15) is 17.1 Å². The van der Waals surface area contributed by atoms with Crippen LogP contribution in [0.2, 0.25) is 0 Å². The summed E-state index contributed by atoms with van der Waals surface area (Å²) in [5, 5.41) is 3.15. The molecule has 2 aromatic heterocycles. The van der Waals surface area contributed by atoms with E-state index in [0.717, 1.165) is 33.5 Å². The van der Waals surface area contributed by atoms with Gasteiger partial charge in [0.05, 0.1) is 18.6 Å². The molecule has 0 spiro atoms. The Labute approximate surface area is 294 Å². The van der Waals surface area contributed by atoms with Gasteiger partial charge in [0.25, 0.3) is 5.91 Å². The monoisotopic (exact) mass is 681 g/mol. The summed E-state index contributed by atoms with van der Waals surface area (Å²) in [6, 6.07) is 19.9. The van der Waals surface area contributed by atoms with Crippen molar-refractivity contribution in [1.29, 1.82) is 0 Å². The molecule has 0 radical (unpaired) electrons. The van der Waals surface area contributed by atoms with Crippen molar-refractivity contribution in [2.75, 3.05) is 6.54 Å². The first kappa shape index (κ1) is 36.7. The Bertz CT molecular complexity index is 1790. The number of aromatic nitrogens is 2. The molecule has 0 bridgehead atoms. The van der Waals surface area contributed by atoms with Gasteiger partial charge < -0.3 is 24.1 Å². The van der Waals surface area contributed by atoms with Crippen molar-refractivity contribution in [3.05, 3.63) is 108 Å². The Morgan fingerprint density at radius 2 is 1.72 bits per heavy atom. The Morgan fingerprint density at radius 1 is 1.02 bits per heavy atom. The maximum Gasteiger partial charge on any atom is 0.308 e. The van der Waals surface area contributed by atoms with E-state index in [2.05, 4.69) is 10.3 Å². The second-order valence-corrected chi connectivity index (χ2v) is 14.4. The molecule has 3 heterocycles. The van der Waals surface area contributed by atoms with Crippen LogP contribution in [0, 0.1) is 5.82 Å². The van der Waals surface area contributed by atoms with Gasteiger partial charge >= 0.3 is 5.97 Å². The molecule has 0 saturated carbocycles. The second kappa shape index (κ2) is 15.5. The zero-order chi connectivity index (χ0) is 36.1. The molecule has 0 aliphatic carbocycles. The first-order valence-corrected chi connectivity index (χ1v) is 17.2. The minimum absolute atomic E-state index is 0.0963. The summed E-state index contributed by atoms with van der Waals surface area (Å²) in [5.74, 6) is -1.85. The van der Waals surface area contributed by atoms with Crippen molar-refractivity contribution in [2.45, 2.75) is 97.4 Å². The molecule has 1 aliphatic heterocycles. The van der Waals surface area contributed by atoms with Crippen LogP contribution in [-0.4, -0.2) is 51.6 Å². The summed E-state index contributed by atoms with van der Waals surface area (Å²) in [7, 11) is 0. The topological polar surface area (TPSA) is 91.7 Å². The van der Waals surface area contributed by atoms with Crippen molar-refractivity contribution >= 4 is 18.0 Å². The van der Waals surface area contributed by atoms with Gasteiger partial charge in [-0.1, -0.05) is 54.6 Å². The van der Waals surface area contributed by atoms with Crippen molar-refractivity contribution in [3.8, 4) is 22.3 Å². The number of esters is 1. The summed E-state index contributed by atoms with van der Waals surface area (Å²) in [6.45, 7) is 13.7. The molecule has 4 aromatic rings. The highest BCUT2D eigenvalue weighted by atomic mass is 19.1. The number of pyridine rings is 1. The molecular weight excluding hydrogens is 633 g/mol. The van der Waals surface area contributed by atoms with E-state index in [1.54, 1.807) is 24.5 Å². The Kier molecular flexibility index (Phi) is 11.4. The fourth-order valence-corrected chi connectivity index (χ4v) is 6.43. The molecule has 0 unspecified atom stereocenters. The number of hydrogen-bond donors (Lipinski definition) is 1. The lowest BCUT2D eigenvalue weighted by Crippen LogP contribution is -2.45. The predicted octanol–water partition coefficient (Wildman–Crippen LogP) is 8.56. The van der Waals surface area contributed by atoms with Gasteiger partial charge in [-0.25, -0.2) is 4.39 Å².